The van der Waals surface area contributed by atoms with E-state index in [1.807, 2.05) is 11.3 Å². The van der Waals surface area contributed by atoms with Crippen molar-refractivity contribution >= 4 is 11.3 Å². The summed E-state index contributed by atoms with van der Waals surface area (Å²) in [7, 11) is 0. The quantitative estimate of drug-likeness (QED) is 0.848. The highest BCUT2D eigenvalue weighted by Gasteiger charge is 2.16. The lowest BCUT2D eigenvalue weighted by atomic mass is 10.1. The molecule has 0 fully saturated rings. The molecule has 0 radical (unpaired) electrons. The monoisotopic (exact) mass is 240 g/mol. The summed E-state index contributed by atoms with van der Waals surface area (Å²) >= 11 is 1.85. The van der Waals surface area contributed by atoms with E-state index in [-0.39, 0.29) is 0 Å². The van der Waals surface area contributed by atoms with Gasteiger partial charge in [-0.25, -0.2) is 4.98 Å². The zero-order valence-corrected chi connectivity index (χ0v) is 12.1. The molecule has 0 aliphatic carbocycles. The van der Waals surface area contributed by atoms with Crippen LogP contribution in [0.4, 0.5) is 0 Å². The molecule has 0 bridgehead atoms. The molecule has 2 unspecified atom stereocenters. The molecule has 2 nitrogen and oxygen atoms in total. The Morgan fingerprint density at radius 1 is 1.25 bits per heavy atom. The van der Waals surface area contributed by atoms with Crippen molar-refractivity contribution in [3.63, 3.8) is 0 Å². The molecule has 1 aromatic heterocycles. The maximum absolute atomic E-state index is 4.58. The molecule has 1 rings (SSSR count). The summed E-state index contributed by atoms with van der Waals surface area (Å²) < 4.78 is 0. The maximum atomic E-state index is 4.58. The van der Waals surface area contributed by atoms with Crippen LogP contribution < -0.4 is 5.32 Å². The first-order valence-corrected chi connectivity index (χ1v) is 6.99. The fourth-order valence-corrected chi connectivity index (χ4v) is 2.70. The number of aryl methyl sites for hydroxylation is 2. The van der Waals surface area contributed by atoms with Crippen LogP contribution in [0.5, 0.6) is 0 Å². The molecule has 0 saturated carbocycles. The van der Waals surface area contributed by atoms with Crippen molar-refractivity contribution < 1.29 is 0 Å². The summed E-state index contributed by atoms with van der Waals surface area (Å²) in [6, 6.07) is 0.955. The van der Waals surface area contributed by atoms with Gasteiger partial charge in [0.1, 0.15) is 0 Å². The van der Waals surface area contributed by atoms with Gasteiger partial charge in [-0.05, 0) is 33.1 Å². The van der Waals surface area contributed by atoms with Crippen molar-refractivity contribution in [2.75, 3.05) is 0 Å². The number of nitrogens with zero attached hydrogens (tertiary/aromatic N) is 1. The molecule has 0 aliphatic rings. The molecular formula is C13H24N2S. The topological polar surface area (TPSA) is 24.9 Å². The highest BCUT2D eigenvalue weighted by atomic mass is 32.1. The highest BCUT2D eigenvalue weighted by Crippen LogP contribution is 2.26. The Morgan fingerprint density at radius 3 is 2.31 bits per heavy atom. The first-order valence-electron chi connectivity index (χ1n) is 6.17. The third kappa shape index (κ3) is 3.29. The van der Waals surface area contributed by atoms with E-state index < -0.39 is 0 Å². The number of rotatable bonds is 5. The molecular weight excluding hydrogens is 216 g/mol. The van der Waals surface area contributed by atoms with E-state index in [9.17, 15) is 0 Å². The number of thiazole rings is 1. The van der Waals surface area contributed by atoms with Crippen LogP contribution in [0.1, 0.15) is 56.2 Å². The Kier molecular flexibility index (Phi) is 4.93. The van der Waals surface area contributed by atoms with E-state index in [2.05, 4.69) is 51.8 Å². The Balaban J connectivity index is 2.72. The summed E-state index contributed by atoms with van der Waals surface area (Å²) in [5, 5.41) is 4.89. The molecule has 1 N–H and O–H groups in total. The number of nitrogens with one attached hydrogen (secondary N) is 1. The van der Waals surface area contributed by atoms with E-state index in [0.29, 0.717) is 18.0 Å². The van der Waals surface area contributed by atoms with E-state index in [0.717, 1.165) is 6.42 Å². The predicted octanol–water partition coefficient (Wildman–Crippen LogP) is 3.71. The van der Waals surface area contributed by atoms with Gasteiger partial charge in [0.25, 0.3) is 0 Å². The molecule has 0 spiro atoms. The SMILES string of the molecule is CCc1nc(C)c(C(C)NC(C)C(C)C)s1. The third-order valence-electron chi connectivity index (χ3n) is 3.09. The van der Waals surface area contributed by atoms with Gasteiger partial charge >= 0.3 is 0 Å². The second-order valence-corrected chi connectivity index (χ2v) is 5.95. The Labute approximate surface area is 103 Å². The predicted molar refractivity (Wildman–Crippen MR) is 72.1 cm³/mol. The molecule has 92 valence electrons. The van der Waals surface area contributed by atoms with Gasteiger partial charge in [-0.3, -0.25) is 0 Å². The van der Waals surface area contributed by atoms with Gasteiger partial charge in [0, 0.05) is 17.0 Å². The van der Waals surface area contributed by atoms with Crippen LogP contribution in [0.3, 0.4) is 0 Å². The Morgan fingerprint density at radius 2 is 1.88 bits per heavy atom. The summed E-state index contributed by atoms with van der Waals surface area (Å²) in [4.78, 5) is 5.97. The van der Waals surface area contributed by atoms with Crippen LogP contribution in [0.15, 0.2) is 0 Å². The van der Waals surface area contributed by atoms with Crippen molar-refractivity contribution in [2.24, 2.45) is 5.92 Å². The van der Waals surface area contributed by atoms with E-state index in [1.165, 1.54) is 15.6 Å². The highest BCUT2D eigenvalue weighted by molar-refractivity contribution is 7.11. The average molecular weight is 240 g/mol. The van der Waals surface area contributed by atoms with E-state index in [4.69, 9.17) is 0 Å². The minimum Gasteiger partial charge on any atom is -0.307 e. The Hall–Kier alpha value is -0.410. The van der Waals surface area contributed by atoms with Gasteiger partial charge in [-0.2, -0.15) is 0 Å². The van der Waals surface area contributed by atoms with Crippen LogP contribution in [-0.4, -0.2) is 11.0 Å². The van der Waals surface area contributed by atoms with E-state index >= 15 is 0 Å². The molecule has 0 aromatic carbocycles. The summed E-state index contributed by atoms with van der Waals surface area (Å²) in [6.07, 6.45) is 1.04. The summed E-state index contributed by atoms with van der Waals surface area (Å²) in [6.45, 7) is 13.3. The van der Waals surface area contributed by atoms with Crippen LogP contribution in [0.25, 0.3) is 0 Å². The van der Waals surface area contributed by atoms with Crippen molar-refractivity contribution in [1.29, 1.82) is 0 Å². The van der Waals surface area contributed by atoms with Crippen LogP contribution in [-0.2, 0) is 6.42 Å². The molecule has 1 heterocycles. The minimum atomic E-state index is 0.412. The lowest BCUT2D eigenvalue weighted by Crippen LogP contribution is -2.32. The first kappa shape index (κ1) is 13.7. The molecule has 2 atom stereocenters. The second-order valence-electron chi connectivity index (χ2n) is 4.83. The number of hydrogen-bond acceptors (Lipinski definition) is 3. The molecule has 0 aliphatic heterocycles. The smallest absolute Gasteiger partial charge is 0.0928 e. The van der Waals surface area contributed by atoms with Crippen LogP contribution in [0, 0.1) is 12.8 Å². The molecule has 3 heteroatoms. The normalized spacial score (nSPS) is 15.4. The van der Waals surface area contributed by atoms with Gasteiger partial charge < -0.3 is 5.32 Å². The third-order valence-corrected chi connectivity index (χ3v) is 4.57. The minimum absolute atomic E-state index is 0.412. The van der Waals surface area contributed by atoms with Gasteiger partial charge in [-0.1, -0.05) is 20.8 Å². The van der Waals surface area contributed by atoms with Gasteiger partial charge in [-0.15, -0.1) is 11.3 Å². The van der Waals surface area contributed by atoms with Crippen LogP contribution in [0.2, 0.25) is 0 Å². The van der Waals surface area contributed by atoms with Gasteiger partial charge in [0.05, 0.1) is 10.7 Å². The average Bonchev–Trinajstić information content (AvgIpc) is 2.59. The van der Waals surface area contributed by atoms with Crippen molar-refractivity contribution in [2.45, 2.75) is 60.0 Å². The van der Waals surface area contributed by atoms with Gasteiger partial charge in [0.2, 0.25) is 0 Å². The lowest BCUT2D eigenvalue weighted by Gasteiger charge is -2.22. The van der Waals surface area contributed by atoms with Gasteiger partial charge in [0.15, 0.2) is 0 Å². The largest absolute Gasteiger partial charge is 0.307 e. The van der Waals surface area contributed by atoms with Crippen molar-refractivity contribution in [1.82, 2.24) is 10.3 Å². The van der Waals surface area contributed by atoms with Crippen molar-refractivity contribution in [3.8, 4) is 0 Å². The number of hydrogen-bond donors (Lipinski definition) is 1. The molecule has 0 amide bonds. The zero-order chi connectivity index (χ0) is 12.3. The van der Waals surface area contributed by atoms with Crippen molar-refractivity contribution in [3.05, 3.63) is 15.6 Å². The maximum Gasteiger partial charge on any atom is 0.0928 e. The molecule has 16 heavy (non-hydrogen) atoms. The number of aromatic nitrogens is 1. The summed E-state index contributed by atoms with van der Waals surface area (Å²) in [5.41, 5.74) is 1.19. The summed E-state index contributed by atoms with van der Waals surface area (Å²) in [5.74, 6) is 0.668. The lowest BCUT2D eigenvalue weighted by molar-refractivity contribution is 0.390. The fourth-order valence-electron chi connectivity index (χ4n) is 1.68. The standard InChI is InChI=1S/C13H24N2S/c1-7-12-15-11(6)13(16-12)10(5)14-9(4)8(2)3/h8-10,14H,7H2,1-6H3. The Bertz CT molecular complexity index is 331. The molecule has 1 aromatic rings. The molecule has 0 saturated heterocycles. The van der Waals surface area contributed by atoms with Crippen LogP contribution >= 0.6 is 11.3 Å². The second kappa shape index (κ2) is 5.78. The zero-order valence-electron chi connectivity index (χ0n) is 11.3. The van der Waals surface area contributed by atoms with E-state index in [1.54, 1.807) is 0 Å². The first-order chi connectivity index (χ1) is 7.45. The fraction of sp³-hybridized carbons (Fsp3) is 0.769.